The van der Waals surface area contributed by atoms with Crippen LogP contribution in [0, 0.1) is 40.9 Å². The van der Waals surface area contributed by atoms with E-state index in [4.69, 9.17) is 28.1 Å². The second-order valence-electron chi connectivity index (χ2n) is 21.4. The Labute approximate surface area is 427 Å². The first-order valence-electron chi connectivity index (χ1n) is 24.9. The molecule has 3 aromatic rings. The molecule has 386 valence electrons. The van der Waals surface area contributed by atoms with Crippen LogP contribution in [0.2, 0.25) is 5.04 Å². The average molecular weight is 1020 g/mol. The summed E-state index contributed by atoms with van der Waals surface area (Å²) < 4.78 is 64.8. The van der Waals surface area contributed by atoms with Gasteiger partial charge in [0, 0.05) is 37.9 Å². The number of esters is 1. The van der Waals surface area contributed by atoms with Gasteiger partial charge in [-0.3, -0.25) is 9.59 Å². The van der Waals surface area contributed by atoms with Crippen LogP contribution in [0.3, 0.4) is 0 Å². The summed E-state index contributed by atoms with van der Waals surface area (Å²) in [6, 6.07) is 28.5. The molecule has 72 heavy (non-hydrogen) atoms. The van der Waals surface area contributed by atoms with Gasteiger partial charge >= 0.3 is 5.97 Å². The molecule has 1 heterocycles. The molecule has 0 unspecified atom stereocenters. The number of rotatable bonds is 18. The van der Waals surface area contributed by atoms with Gasteiger partial charge in [0.1, 0.15) is 31.2 Å². The molecule has 1 saturated heterocycles. The minimum Gasteiger partial charge on any atom is -0.511 e. The summed E-state index contributed by atoms with van der Waals surface area (Å²) in [5.74, 6) is -4.96. The lowest BCUT2D eigenvalue weighted by Gasteiger charge is -2.56. The third-order valence-corrected chi connectivity index (χ3v) is 22.3. The lowest BCUT2D eigenvalue weighted by Crippen LogP contribution is -2.66. The van der Waals surface area contributed by atoms with E-state index in [9.17, 15) is 18.3 Å². The number of allylic oxidation sites excluding steroid dienone is 4. The lowest BCUT2D eigenvalue weighted by atomic mass is 9.49. The molecule has 1 saturated carbocycles. The summed E-state index contributed by atoms with van der Waals surface area (Å²) in [5, 5.41) is 15.0. The van der Waals surface area contributed by atoms with Crippen LogP contribution in [0.1, 0.15) is 68.2 Å². The van der Waals surface area contributed by atoms with Crippen molar-refractivity contribution in [2.24, 2.45) is 40.9 Å². The fourth-order valence-electron chi connectivity index (χ4n) is 12.5. The molecule has 10 atom stereocenters. The van der Waals surface area contributed by atoms with Crippen LogP contribution < -0.4 is 10.4 Å². The van der Waals surface area contributed by atoms with Crippen LogP contribution in [0.5, 0.6) is 0 Å². The smallest absolute Gasteiger partial charge is 0.346 e. The number of benzene rings is 3. The zero-order valence-electron chi connectivity index (χ0n) is 43.3. The molecule has 12 nitrogen and oxygen atoms in total. The first kappa shape index (κ1) is 54.7. The lowest BCUT2D eigenvalue weighted by molar-refractivity contribution is -0.165. The van der Waals surface area contributed by atoms with Crippen molar-refractivity contribution in [1.29, 1.82) is 0 Å². The van der Waals surface area contributed by atoms with Gasteiger partial charge in [-0.05, 0) is 76.7 Å². The summed E-state index contributed by atoms with van der Waals surface area (Å²) in [6.45, 7) is 15.9. The minimum absolute atomic E-state index is 0.0314. The van der Waals surface area contributed by atoms with Crippen molar-refractivity contribution in [1.82, 2.24) is 0 Å². The van der Waals surface area contributed by atoms with Crippen molar-refractivity contribution in [3.05, 3.63) is 149 Å². The first-order chi connectivity index (χ1) is 34.2. The molecule has 0 amide bonds. The number of carbonyl (C=O) groups excluding carboxylic acids is 3. The number of aldehydes is 1. The van der Waals surface area contributed by atoms with Crippen LogP contribution >= 0.6 is 0 Å². The second-order valence-corrected chi connectivity index (χ2v) is 27.7. The highest BCUT2D eigenvalue weighted by Crippen LogP contribution is 2.60. The van der Waals surface area contributed by atoms with Gasteiger partial charge < -0.3 is 33.2 Å². The van der Waals surface area contributed by atoms with Gasteiger partial charge in [-0.2, -0.15) is 0 Å². The van der Waals surface area contributed by atoms with Gasteiger partial charge in [-0.1, -0.05) is 156 Å². The molecule has 1 aliphatic heterocycles. The molecule has 1 spiro atoms. The molecule has 1 N–H and O–H groups in total. The van der Waals surface area contributed by atoms with Crippen molar-refractivity contribution >= 4 is 46.6 Å². The summed E-state index contributed by atoms with van der Waals surface area (Å²) in [5.41, 5.74) is -2.34. The predicted octanol–water partition coefficient (Wildman–Crippen LogP) is 8.83. The third kappa shape index (κ3) is 10.2. The van der Waals surface area contributed by atoms with E-state index in [0.717, 1.165) is 10.4 Å². The standard InChI is InChI=1S/C58H72O12SSi/c1-38(34-59)30-48-49(67-36-65-9)32-42(35-69-72(56(5,6)7,44-22-16-12-17-23-44)45-24-18-13-19-25-45)33-58(48)54(61)50(55(62)70-58)53(60)57(8)47(39(2)28-29-71(63,64)43-20-14-11-15-21-43)27-26-46-51(57)40(3)31-41(4)52(46)68-37-66-10/h11-28,30,32,34,40-41,46-49,51-52,60H,29,31,33,35-37H2,1-10H3/b38-30+,39-28+,53-50?/t40-,41-,46-,47-,48+,49-,51+,52-,57+,58-/m0/s1. The number of sulfone groups is 1. The maximum Gasteiger partial charge on any atom is 0.346 e. The molecule has 7 rings (SSSR count). The van der Waals surface area contributed by atoms with E-state index >= 15 is 9.59 Å². The number of fused-ring (bicyclic) bond motifs is 1. The average Bonchev–Trinajstić information content (AvgIpc) is 3.60. The van der Waals surface area contributed by atoms with E-state index in [1.807, 2.05) is 62.4 Å². The number of carbonyl (C=O) groups is 3. The Kier molecular flexibility index (Phi) is 16.9. The zero-order valence-corrected chi connectivity index (χ0v) is 45.1. The normalized spacial score (nSPS) is 29.9. The monoisotopic (exact) mass is 1020 g/mol. The molecular weight excluding hydrogens is 949 g/mol. The molecule has 0 bridgehead atoms. The first-order valence-corrected chi connectivity index (χ1v) is 28.4. The Hall–Kier alpha value is -5.06. The van der Waals surface area contributed by atoms with Gasteiger partial charge in [0.25, 0.3) is 8.32 Å². The maximum absolute atomic E-state index is 16.0. The molecule has 4 aliphatic rings. The number of hydrogen-bond acceptors (Lipinski definition) is 12. The highest BCUT2D eigenvalue weighted by atomic mass is 32.2. The number of Topliss-reactive ketones (excluding diaryl/α,β-unsaturated/α-hetero) is 1. The van der Waals surface area contributed by atoms with E-state index in [1.54, 1.807) is 56.5 Å². The predicted molar refractivity (Wildman–Crippen MR) is 279 cm³/mol. The molecule has 2 fully saturated rings. The topological polar surface area (TPSA) is 161 Å². The van der Waals surface area contributed by atoms with Gasteiger partial charge in [0.05, 0.1) is 35.4 Å². The Morgan fingerprint density at radius 2 is 1.44 bits per heavy atom. The van der Waals surface area contributed by atoms with E-state index in [2.05, 4.69) is 65.0 Å². The Bertz CT molecular complexity index is 2670. The fraction of sp³-hybridized carbons (Fsp3) is 0.466. The second kappa shape index (κ2) is 22.2. The molecule has 0 radical (unpaired) electrons. The van der Waals surface area contributed by atoms with Crippen molar-refractivity contribution < 1.29 is 56.0 Å². The van der Waals surface area contributed by atoms with E-state index in [-0.39, 0.29) is 66.7 Å². The van der Waals surface area contributed by atoms with Crippen molar-refractivity contribution in [3.8, 4) is 0 Å². The van der Waals surface area contributed by atoms with E-state index in [1.165, 1.54) is 7.11 Å². The summed E-state index contributed by atoms with van der Waals surface area (Å²) in [7, 11) is -3.87. The summed E-state index contributed by atoms with van der Waals surface area (Å²) in [6.07, 6.45) is 9.09. The highest BCUT2D eigenvalue weighted by Gasteiger charge is 2.64. The Balaban J connectivity index is 1.38. The number of ketones is 1. The number of ether oxygens (including phenoxy) is 5. The molecule has 14 heteroatoms. The number of methoxy groups -OCH3 is 2. The fourth-order valence-corrected chi connectivity index (χ4v) is 18.3. The van der Waals surface area contributed by atoms with Crippen molar-refractivity contribution in [3.63, 3.8) is 0 Å². The number of aliphatic hydroxyl groups is 1. The van der Waals surface area contributed by atoms with Gasteiger partial charge in [0.2, 0.25) is 5.78 Å². The molecule has 0 aromatic heterocycles. The number of hydrogen-bond donors (Lipinski definition) is 1. The van der Waals surface area contributed by atoms with Crippen molar-refractivity contribution in [2.45, 2.75) is 96.0 Å². The van der Waals surface area contributed by atoms with E-state index < -0.39 is 81.2 Å². The van der Waals surface area contributed by atoms with E-state index in [0.29, 0.717) is 23.9 Å². The number of aliphatic hydroxyl groups excluding tert-OH is 1. The third-order valence-electron chi connectivity index (χ3n) is 15.7. The van der Waals surface area contributed by atoms with Crippen LogP contribution in [-0.2, 0) is 52.3 Å². The van der Waals surface area contributed by atoms with Crippen LogP contribution in [0.4, 0.5) is 0 Å². The molecular formula is C58H72O12SSi. The quantitative estimate of drug-likeness (QED) is 0.0189. The van der Waals surface area contributed by atoms with Gasteiger partial charge in [-0.25, -0.2) is 13.2 Å². The van der Waals surface area contributed by atoms with Gasteiger partial charge in [-0.15, -0.1) is 0 Å². The van der Waals surface area contributed by atoms with Crippen molar-refractivity contribution in [2.75, 3.05) is 40.2 Å². The Morgan fingerprint density at radius 3 is 2.01 bits per heavy atom. The SMILES string of the molecule is COCO[C@@H]1[C@H]2C=C[C@@H](/C(C)=C/CS(=O)(=O)c3ccccc3)[C@@](C)(C(O)=C3C(=O)O[C@]4(CC(CO[Si](c5ccccc5)(c5ccccc5)C(C)(C)C)=C[C@H](OCOC)[C@H]4/C=C(\C)C=O)C3=O)[C@@H]2[C@@H](C)C[C@@H]1C. The summed E-state index contributed by atoms with van der Waals surface area (Å²) in [4.78, 5) is 43.6. The largest absolute Gasteiger partial charge is 0.511 e. The molecule has 3 aliphatic carbocycles. The molecule has 3 aromatic carbocycles. The van der Waals surface area contributed by atoms with Crippen LogP contribution in [0.25, 0.3) is 0 Å². The van der Waals surface area contributed by atoms with Crippen LogP contribution in [-0.4, -0.2) is 97.9 Å². The Morgan fingerprint density at radius 1 is 0.861 bits per heavy atom. The highest BCUT2D eigenvalue weighted by molar-refractivity contribution is 7.91. The summed E-state index contributed by atoms with van der Waals surface area (Å²) >= 11 is 0. The minimum atomic E-state index is -3.76. The maximum atomic E-state index is 16.0. The van der Waals surface area contributed by atoms with Gasteiger partial charge in [0.15, 0.2) is 15.4 Å². The zero-order chi connectivity index (χ0) is 52.2. The van der Waals surface area contributed by atoms with Crippen LogP contribution in [0.15, 0.2) is 154 Å².